The van der Waals surface area contributed by atoms with E-state index in [1.54, 1.807) is 6.20 Å². The third-order valence-electron chi connectivity index (χ3n) is 10.2. The van der Waals surface area contributed by atoms with E-state index in [9.17, 15) is 0 Å². The summed E-state index contributed by atoms with van der Waals surface area (Å²) >= 11 is 0. The molecule has 10 rings (SSSR count). The minimum Gasteiger partial charge on any atom is -0.456 e. The van der Waals surface area contributed by atoms with Crippen LogP contribution in [0.5, 0.6) is 0 Å². The largest absolute Gasteiger partial charge is 0.456 e. The van der Waals surface area contributed by atoms with E-state index < -0.39 is 0 Å². The zero-order chi connectivity index (χ0) is 34.6. The highest BCUT2D eigenvalue weighted by Gasteiger charge is 2.17. The van der Waals surface area contributed by atoms with E-state index in [2.05, 4.69) is 137 Å². The van der Waals surface area contributed by atoms with Gasteiger partial charge in [0.15, 0.2) is 0 Å². The van der Waals surface area contributed by atoms with Gasteiger partial charge in [-0.15, -0.1) is 0 Å². The fourth-order valence-electron chi connectivity index (χ4n) is 7.66. The van der Waals surface area contributed by atoms with Crippen LogP contribution in [-0.2, 0) is 6.42 Å². The molecule has 0 aliphatic heterocycles. The number of aryl methyl sites for hydroxylation is 1. The lowest BCUT2D eigenvalue weighted by Gasteiger charge is -2.14. The number of pyridine rings is 3. The second-order valence-corrected chi connectivity index (χ2v) is 13.4. The second kappa shape index (κ2) is 12.2. The zero-order valence-electron chi connectivity index (χ0n) is 28.5. The molecule has 0 saturated heterocycles. The topological polar surface area (TPSA) is 56.7 Å². The molecule has 5 nitrogen and oxygen atoms in total. The van der Waals surface area contributed by atoms with Crippen LogP contribution in [0.2, 0.25) is 0 Å². The van der Waals surface area contributed by atoms with Crippen molar-refractivity contribution in [2.45, 2.75) is 13.3 Å². The molecule has 5 aromatic heterocycles. The van der Waals surface area contributed by atoms with Crippen LogP contribution in [0.25, 0.3) is 82.9 Å². The van der Waals surface area contributed by atoms with Gasteiger partial charge in [-0.2, -0.15) is 0 Å². The summed E-state index contributed by atoms with van der Waals surface area (Å²) in [6, 6.07) is 47.5. The summed E-state index contributed by atoms with van der Waals surface area (Å²) in [5.74, 6) is 0. The molecule has 0 aliphatic carbocycles. The predicted octanol–water partition coefficient (Wildman–Crippen LogP) is 11.8. The molecule has 0 unspecified atom stereocenters. The van der Waals surface area contributed by atoms with Gasteiger partial charge in [0.1, 0.15) is 11.2 Å². The number of furan rings is 1. The van der Waals surface area contributed by atoms with Crippen molar-refractivity contribution in [3.05, 3.63) is 181 Å². The zero-order valence-corrected chi connectivity index (χ0v) is 28.5. The fraction of sp³-hybridized carbons (Fsp3) is 0.0426. The van der Waals surface area contributed by atoms with E-state index in [0.717, 1.165) is 72.7 Å². The van der Waals surface area contributed by atoms with E-state index in [4.69, 9.17) is 9.40 Å². The number of hydrogen-bond acceptors (Lipinski definition) is 4. The highest BCUT2D eigenvalue weighted by molar-refractivity contribution is 6.10. The molecule has 0 spiro atoms. The maximum atomic E-state index is 6.41. The van der Waals surface area contributed by atoms with Gasteiger partial charge in [0.2, 0.25) is 0 Å². The van der Waals surface area contributed by atoms with Crippen molar-refractivity contribution in [3.63, 3.8) is 0 Å². The second-order valence-electron chi connectivity index (χ2n) is 13.4. The quantitative estimate of drug-likeness (QED) is 0.177. The van der Waals surface area contributed by atoms with Crippen LogP contribution < -0.4 is 0 Å². The van der Waals surface area contributed by atoms with Gasteiger partial charge in [0, 0.05) is 58.4 Å². The number of hydrogen-bond donors (Lipinski definition) is 0. The Labute approximate surface area is 300 Å². The molecule has 246 valence electrons. The molecule has 5 aromatic carbocycles. The first-order chi connectivity index (χ1) is 25.7. The lowest BCUT2D eigenvalue weighted by Crippen LogP contribution is -1.94. The summed E-state index contributed by atoms with van der Waals surface area (Å²) in [4.78, 5) is 13.5. The van der Waals surface area contributed by atoms with Crippen LogP contribution in [0.1, 0.15) is 16.7 Å². The molecule has 0 fully saturated rings. The SMILES string of the molecule is Cc1ccc(-c2ccc3oc4ccc(-n5c6ccc(-c7cccnc7)cc6c6ncccc65)cc4c3c2)cc1-c1ccccc1Cc1cccnc1. The van der Waals surface area contributed by atoms with Crippen molar-refractivity contribution in [1.29, 1.82) is 0 Å². The number of fused-ring (bicyclic) bond motifs is 6. The first kappa shape index (κ1) is 30.0. The molecular formula is C47H32N4O. The first-order valence-corrected chi connectivity index (χ1v) is 17.5. The maximum Gasteiger partial charge on any atom is 0.135 e. The Hall–Kier alpha value is -6.85. The van der Waals surface area contributed by atoms with Crippen molar-refractivity contribution in [2.75, 3.05) is 0 Å². The standard InChI is InChI=1S/C47H32N4O/c1-30-12-13-32(24-39(30)38-10-3-2-8-35(38)23-31-7-4-20-48-28-31)33-15-18-45-40(25-33)41-27-37(16-19-46(41)52-45)51-43-17-14-34(36-9-5-21-49-29-36)26-42(43)47-44(51)11-6-22-50-47/h2-22,24-29H,23H2,1H3. The summed E-state index contributed by atoms with van der Waals surface area (Å²) in [6.07, 6.45) is 10.2. The lowest BCUT2D eigenvalue weighted by atomic mass is 9.90. The number of nitrogens with zero attached hydrogens (tertiary/aromatic N) is 4. The van der Waals surface area contributed by atoms with Crippen molar-refractivity contribution in [1.82, 2.24) is 19.5 Å². The summed E-state index contributed by atoms with van der Waals surface area (Å²) < 4.78 is 8.71. The average Bonchev–Trinajstić information content (AvgIpc) is 3.73. The summed E-state index contributed by atoms with van der Waals surface area (Å²) in [7, 11) is 0. The van der Waals surface area contributed by atoms with Crippen LogP contribution in [0.3, 0.4) is 0 Å². The third-order valence-corrected chi connectivity index (χ3v) is 10.2. The van der Waals surface area contributed by atoms with Gasteiger partial charge in [-0.05, 0) is 131 Å². The molecule has 0 aliphatic rings. The number of aromatic nitrogens is 4. The number of rotatable bonds is 6. The molecule has 5 heteroatoms. The van der Waals surface area contributed by atoms with Gasteiger partial charge in [0.05, 0.1) is 16.6 Å². The normalized spacial score (nSPS) is 11.6. The Bertz CT molecular complexity index is 2940. The van der Waals surface area contributed by atoms with Crippen LogP contribution in [0.4, 0.5) is 0 Å². The highest BCUT2D eigenvalue weighted by Crippen LogP contribution is 2.39. The minimum atomic E-state index is 0.830. The van der Waals surface area contributed by atoms with E-state index in [0.29, 0.717) is 0 Å². The molecule has 0 saturated carbocycles. The van der Waals surface area contributed by atoms with Crippen LogP contribution in [0.15, 0.2) is 169 Å². The van der Waals surface area contributed by atoms with E-state index in [1.807, 2.05) is 43.0 Å². The van der Waals surface area contributed by atoms with Gasteiger partial charge in [-0.3, -0.25) is 15.0 Å². The molecule has 0 bridgehead atoms. The Balaban J connectivity index is 1.08. The molecule has 10 aromatic rings. The maximum absolute atomic E-state index is 6.41. The van der Waals surface area contributed by atoms with Crippen molar-refractivity contribution in [2.24, 2.45) is 0 Å². The third kappa shape index (κ3) is 5.05. The summed E-state index contributed by atoms with van der Waals surface area (Å²) in [5, 5.41) is 3.27. The smallest absolute Gasteiger partial charge is 0.135 e. The Kier molecular flexibility index (Phi) is 7.03. The Morgan fingerprint density at radius 3 is 2.13 bits per heavy atom. The van der Waals surface area contributed by atoms with E-state index in [1.165, 1.54) is 33.4 Å². The lowest BCUT2D eigenvalue weighted by molar-refractivity contribution is 0.669. The van der Waals surface area contributed by atoms with Gasteiger partial charge in [-0.1, -0.05) is 60.7 Å². The predicted molar refractivity (Wildman–Crippen MR) is 212 cm³/mol. The minimum absolute atomic E-state index is 0.830. The molecule has 0 atom stereocenters. The molecular weight excluding hydrogens is 637 g/mol. The molecule has 52 heavy (non-hydrogen) atoms. The first-order valence-electron chi connectivity index (χ1n) is 17.5. The highest BCUT2D eigenvalue weighted by atomic mass is 16.3. The van der Waals surface area contributed by atoms with Gasteiger partial charge in [-0.25, -0.2) is 0 Å². The molecule has 0 amide bonds. The summed E-state index contributed by atoms with van der Waals surface area (Å²) in [6.45, 7) is 2.19. The van der Waals surface area contributed by atoms with E-state index in [-0.39, 0.29) is 0 Å². The fourth-order valence-corrected chi connectivity index (χ4v) is 7.66. The monoisotopic (exact) mass is 668 g/mol. The van der Waals surface area contributed by atoms with Gasteiger partial charge >= 0.3 is 0 Å². The van der Waals surface area contributed by atoms with Crippen molar-refractivity contribution in [3.8, 4) is 39.1 Å². The Morgan fingerprint density at radius 2 is 1.27 bits per heavy atom. The van der Waals surface area contributed by atoms with E-state index >= 15 is 0 Å². The van der Waals surface area contributed by atoms with Gasteiger partial charge < -0.3 is 8.98 Å². The van der Waals surface area contributed by atoms with Crippen LogP contribution in [0, 0.1) is 6.92 Å². The summed E-state index contributed by atoms with van der Waals surface area (Å²) in [5.41, 5.74) is 16.7. The van der Waals surface area contributed by atoms with Crippen molar-refractivity contribution < 1.29 is 4.42 Å². The number of benzene rings is 5. The van der Waals surface area contributed by atoms with Gasteiger partial charge in [0.25, 0.3) is 0 Å². The molecule has 5 heterocycles. The Morgan fingerprint density at radius 1 is 0.538 bits per heavy atom. The van der Waals surface area contributed by atoms with Crippen molar-refractivity contribution >= 4 is 43.9 Å². The van der Waals surface area contributed by atoms with Crippen LogP contribution in [-0.4, -0.2) is 19.5 Å². The van der Waals surface area contributed by atoms with Crippen LogP contribution >= 0.6 is 0 Å². The molecule has 0 N–H and O–H groups in total. The average molecular weight is 669 g/mol. The molecule has 0 radical (unpaired) electrons.